The SMILES string of the molecule is O=C(O)[C@H]1CCCCN1C(=O)C1Cc2ccccc21. The molecular weight excluding hydrogens is 242 g/mol. The molecule has 1 amide bonds. The van der Waals surface area contributed by atoms with E-state index >= 15 is 0 Å². The highest BCUT2D eigenvalue weighted by Crippen LogP contribution is 2.37. The summed E-state index contributed by atoms with van der Waals surface area (Å²) in [7, 11) is 0. The Hall–Kier alpha value is -1.84. The van der Waals surface area contributed by atoms with Crippen LogP contribution in [0.4, 0.5) is 0 Å². The lowest BCUT2D eigenvalue weighted by atomic mass is 9.76. The van der Waals surface area contributed by atoms with Crippen molar-refractivity contribution in [3.05, 3.63) is 35.4 Å². The van der Waals surface area contributed by atoms with Crippen LogP contribution >= 0.6 is 0 Å². The third kappa shape index (κ3) is 2.01. The Morgan fingerprint density at radius 3 is 2.74 bits per heavy atom. The zero-order chi connectivity index (χ0) is 13.4. The number of carbonyl (C=O) groups excluding carboxylic acids is 1. The number of rotatable bonds is 2. The van der Waals surface area contributed by atoms with E-state index in [0.29, 0.717) is 13.0 Å². The minimum absolute atomic E-state index is 0.00852. The van der Waals surface area contributed by atoms with Crippen LogP contribution in [0.2, 0.25) is 0 Å². The number of carboxylic acids is 1. The molecule has 0 saturated carbocycles. The van der Waals surface area contributed by atoms with Gasteiger partial charge >= 0.3 is 5.97 Å². The first-order valence-electron chi connectivity index (χ1n) is 6.79. The molecule has 4 nitrogen and oxygen atoms in total. The molecule has 3 rings (SSSR count). The van der Waals surface area contributed by atoms with E-state index in [9.17, 15) is 14.7 Å². The smallest absolute Gasteiger partial charge is 0.326 e. The molecule has 0 radical (unpaired) electrons. The van der Waals surface area contributed by atoms with Gasteiger partial charge in [0.25, 0.3) is 0 Å². The number of carboxylic acid groups (broad SMARTS) is 1. The number of nitrogens with zero attached hydrogens (tertiary/aromatic N) is 1. The Bertz CT molecular complexity index is 526. The van der Waals surface area contributed by atoms with Gasteiger partial charge in [0.15, 0.2) is 0 Å². The summed E-state index contributed by atoms with van der Waals surface area (Å²) >= 11 is 0. The third-order valence-corrected chi connectivity index (χ3v) is 4.22. The van der Waals surface area contributed by atoms with Crippen LogP contribution in [0.5, 0.6) is 0 Å². The first-order valence-corrected chi connectivity index (χ1v) is 6.79. The summed E-state index contributed by atoms with van der Waals surface area (Å²) in [6.45, 7) is 0.578. The molecule has 1 fully saturated rings. The highest BCUT2D eigenvalue weighted by atomic mass is 16.4. The number of hydrogen-bond acceptors (Lipinski definition) is 2. The number of piperidine rings is 1. The molecule has 100 valence electrons. The van der Waals surface area contributed by atoms with Crippen molar-refractivity contribution in [3.8, 4) is 0 Å². The molecule has 0 aromatic heterocycles. The summed E-state index contributed by atoms with van der Waals surface area (Å²) in [4.78, 5) is 25.3. The molecule has 1 saturated heterocycles. The lowest BCUT2D eigenvalue weighted by Crippen LogP contribution is -2.51. The van der Waals surface area contributed by atoms with E-state index in [1.54, 1.807) is 4.90 Å². The Balaban J connectivity index is 1.79. The number of hydrogen-bond donors (Lipinski definition) is 1. The van der Waals surface area contributed by atoms with Crippen molar-refractivity contribution in [2.24, 2.45) is 0 Å². The Kier molecular flexibility index (Phi) is 3.01. The topological polar surface area (TPSA) is 57.6 Å². The summed E-state index contributed by atoms with van der Waals surface area (Å²) in [5, 5.41) is 9.23. The lowest BCUT2D eigenvalue weighted by molar-refractivity contribution is -0.153. The minimum Gasteiger partial charge on any atom is -0.480 e. The standard InChI is InChI=1S/C15H17NO3/c17-14(12-9-10-5-1-2-6-11(10)12)16-8-4-3-7-13(16)15(18)19/h1-2,5-6,12-13H,3-4,7-9H2,(H,18,19)/t12?,13-/m1/s1. The lowest BCUT2D eigenvalue weighted by Gasteiger charge is -2.38. The second-order valence-electron chi connectivity index (χ2n) is 5.34. The summed E-state index contributed by atoms with van der Waals surface area (Å²) in [5.74, 6) is -1.01. The fourth-order valence-electron chi connectivity index (χ4n) is 3.13. The Morgan fingerprint density at radius 2 is 2.00 bits per heavy atom. The number of likely N-dealkylation sites (tertiary alicyclic amines) is 1. The van der Waals surface area contributed by atoms with Gasteiger partial charge in [-0.15, -0.1) is 0 Å². The van der Waals surface area contributed by atoms with Crippen molar-refractivity contribution in [1.82, 2.24) is 4.90 Å². The van der Waals surface area contributed by atoms with Gasteiger partial charge in [-0.3, -0.25) is 4.79 Å². The first kappa shape index (κ1) is 12.2. The van der Waals surface area contributed by atoms with Gasteiger partial charge in [-0.2, -0.15) is 0 Å². The van der Waals surface area contributed by atoms with Crippen LogP contribution < -0.4 is 0 Å². The van der Waals surface area contributed by atoms with E-state index in [1.165, 1.54) is 5.56 Å². The molecule has 1 unspecified atom stereocenters. The van der Waals surface area contributed by atoms with Gasteiger partial charge in [0.1, 0.15) is 6.04 Å². The molecule has 1 aromatic carbocycles. The first-order chi connectivity index (χ1) is 9.18. The molecule has 1 heterocycles. The summed E-state index contributed by atoms with van der Waals surface area (Å²) in [6.07, 6.45) is 3.12. The molecule has 2 aliphatic rings. The van der Waals surface area contributed by atoms with Gasteiger partial charge in [0.2, 0.25) is 5.91 Å². The maximum atomic E-state index is 12.5. The van der Waals surface area contributed by atoms with Gasteiger partial charge in [-0.05, 0) is 36.8 Å². The molecule has 4 heteroatoms. The molecule has 1 aromatic rings. The fourth-order valence-corrected chi connectivity index (χ4v) is 3.13. The zero-order valence-electron chi connectivity index (χ0n) is 10.7. The molecule has 1 aliphatic carbocycles. The second-order valence-corrected chi connectivity index (χ2v) is 5.34. The van der Waals surface area contributed by atoms with Crippen molar-refractivity contribution < 1.29 is 14.7 Å². The molecule has 2 atom stereocenters. The highest BCUT2D eigenvalue weighted by molar-refractivity contribution is 5.90. The number of amides is 1. The van der Waals surface area contributed by atoms with E-state index < -0.39 is 12.0 Å². The van der Waals surface area contributed by atoms with Gasteiger partial charge in [0, 0.05) is 6.54 Å². The third-order valence-electron chi connectivity index (χ3n) is 4.22. The predicted octanol–water partition coefficient (Wildman–Crippen LogP) is 1.79. The molecular formula is C15H17NO3. The maximum Gasteiger partial charge on any atom is 0.326 e. The second kappa shape index (κ2) is 4.68. The number of aliphatic carboxylic acids is 1. The summed E-state index contributed by atoms with van der Waals surface area (Å²) in [6, 6.07) is 7.28. The van der Waals surface area contributed by atoms with Crippen molar-refractivity contribution in [1.29, 1.82) is 0 Å². The van der Waals surface area contributed by atoms with Gasteiger partial charge in [0.05, 0.1) is 5.92 Å². The largest absolute Gasteiger partial charge is 0.480 e. The van der Waals surface area contributed by atoms with Crippen molar-refractivity contribution in [3.63, 3.8) is 0 Å². The normalized spacial score (nSPS) is 25.4. The van der Waals surface area contributed by atoms with Crippen LogP contribution in [0.15, 0.2) is 24.3 Å². The van der Waals surface area contributed by atoms with Crippen LogP contribution in [0.3, 0.4) is 0 Å². The minimum atomic E-state index is -0.874. The van der Waals surface area contributed by atoms with Crippen LogP contribution in [-0.2, 0) is 16.0 Å². The Labute approximate surface area is 112 Å². The van der Waals surface area contributed by atoms with E-state index in [4.69, 9.17) is 0 Å². The van der Waals surface area contributed by atoms with Crippen molar-refractivity contribution in [2.45, 2.75) is 37.6 Å². The zero-order valence-corrected chi connectivity index (χ0v) is 10.7. The Morgan fingerprint density at radius 1 is 1.21 bits per heavy atom. The molecule has 1 N–H and O–H groups in total. The molecule has 0 bridgehead atoms. The van der Waals surface area contributed by atoms with Gasteiger partial charge in [-0.1, -0.05) is 24.3 Å². The molecule has 1 aliphatic heterocycles. The van der Waals surface area contributed by atoms with Crippen molar-refractivity contribution >= 4 is 11.9 Å². The monoisotopic (exact) mass is 259 g/mol. The van der Waals surface area contributed by atoms with Crippen LogP contribution in [0.25, 0.3) is 0 Å². The quantitative estimate of drug-likeness (QED) is 0.881. The van der Waals surface area contributed by atoms with E-state index in [1.807, 2.05) is 24.3 Å². The number of benzene rings is 1. The predicted molar refractivity (Wildman–Crippen MR) is 69.9 cm³/mol. The highest BCUT2D eigenvalue weighted by Gasteiger charge is 2.39. The van der Waals surface area contributed by atoms with Gasteiger partial charge in [-0.25, -0.2) is 4.79 Å². The number of carbonyl (C=O) groups is 2. The maximum absolute atomic E-state index is 12.5. The molecule has 19 heavy (non-hydrogen) atoms. The average Bonchev–Trinajstić information content (AvgIpc) is 2.40. The van der Waals surface area contributed by atoms with Crippen LogP contribution in [0.1, 0.15) is 36.3 Å². The van der Waals surface area contributed by atoms with Crippen molar-refractivity contribution in [2.75, 3.05) is 6.54 Å². The van der Waals surface area contributed by atoms with Gasteiger partial charge < -0.3 is 10.0 Å². The van der Waals surface area contributed by atoms with E-state index in [2.05, 4.69) is 0 Å². The number of fused-ring (bicyclic) bond motifs is 1. The van der Waals surface area contributed by atoms with E-state index in [-0.39, 0.29) is 11.8 Å². The molecule has 0 spiro atoms. The van der Waals surface area contributed by atoms with Crippen LogP contribution in [0, 0.1) is 0 Å². The summed E-state index contributed by atoms with van der Waals surface area (Å²) in [5.41, 5.74) is 2.28. The van der Waals surface area contributed by atoms with Crippen LogP contribution in [-0.4, -0.2) is 34.5 Å². The fraction of sp³-hybridized carbons (Fsp3) is 0.467. The van der Waals surface area contributed by atoms with E-state index in [0.717, 1.165) is 24.8 Å². The summed E-state index contributed by atoms with van der Waals surface area (Å²) < 4.78 is 0. The average molecular weight is 259 g/mol.